The monoisotopic (exact) mass is 198 g/mol. The van der Waals surface area contributed by atoms with Crippen LogP contribution in [-0.2, 0) is 0 Å². The van der Waals surface area contributed by atoms with Crippen LogP contribution in [-0.4, -0.2) is 10.2 Å². The quantitative estimate of drug-likeness (QED) is 0.613. The van der Waals surface area contributed by atoms with Gasteiger partial charge >= 0.3 is 0 Å². The summed E-state index contributed by atoms with van der Waals surface area (Å²) in [5.41, 5.74) is 0. The summed E-state index contributed by atoms with van der Waals surface area (Å²) < 4.78 is 0. The predicted octanol–water partition coefficient (Wildman–Crippen LogP) is 3.18. The summed E-state index contributed by atoms with van der Waals surface area (Å²) >= 11 is 9.23. The third-order valence-corrected chi connectivity index (χ3v) is 2.92. The minimum Gasteiger partial charge on any atom is -0.122 e. The third kappa shape index (κ3) is 3.73. The summed E-state index contributed by atoms with van der Waals surface area (Å²) in [6.07, 6.45) is 2.37. The molecule has 0 aromatic rings. The van der Waals surface area contributed by atoms with E-state index in [9.17, 15) is 0 Å². The van der Waals surface area contributed by atoms with E-state index in [-0.39, 0.29) is 5.38 Å². The standard InChI is InChI=1S/C6H12BrCl/c1-3-4-6(7)5(2)8/h5-6H,3-4H2,1-2H3. The Hall–Kier alpha value is 0.770. The van der Waals surface area contributed by atoms with Crippen molar-refractivity contribution in [3.8, 4) is 0 Å². The van der Waals surface area contributed by atoms with Crippen molar-refractivity contribution in [1.29, 1.82) is 0 Å². The Labute approximate surface area is 64.7 Å². The van der Waals surface area contributed by atoms with Crippen LogP contribution in [0.1, 0.15) is 26.7 Å². The van der Waals surface area contributed by atoms with Crippen LogP contribution in [0.3, 0.4) is 0 Å². The second kappa shape index (κ2) is 4.63. The first kappa shape index (κ1) is 8.77. The van der Waals surface area contributed by atoms with Crippen molar-refractivity contribution >= 4 is 27.5 Å². The molecule has 0 aromatic heterocycles. The predicted molar refractivity (Wildman–Crippen MR) is 42.9 cm³/mol. The second-order valence-corrected chi connectivity index (χ2v) is 3.85. The van der Waals surface area contributed by atoms with Crippen molar-refractivity contribution < 1.29 is 0 Å². The SMILES string of the molecule is CCCC(Br)C(C)Cl. The molecule has 0 bridgehead atoms. The molecular formula is C6H12BrCl. The van der Waals surface area contributed by atoms with Crippen LogP contribution >= 0.6 is 27.5 Å². The van der Waals surface area contributed by atoms with Gasteiger partial charge in [-0.05, 0) is 13.3 Å². The average Bonchev–Trinajstić information content (AvgIpc) is 1.67. The van der Waals surface area contributed by atoms with Crippen molar-refractivity contribution in [3.63, 3.8) is 0 Å². The first-order valence-corrected chi connectivity index (χ1v) is 4.31. The molecule has 2 heteroatoms. The van der Waals surface area contributed by atoms with Crippen LogP contribution in [0, 0.1) is 0 Å². The molecule has 0 aliphatic heterocycles. The molecule has 0 saturated heterocycles. The molecule has 0 N–H and O–H groups in total. The number of halogens is 2. The van der Waals surface area contributed by atoms with E-state index in [4.69, 9.17) is 11.6 Å². The molecule has 0 aromatic carbocycles. The fourth-order valence-corrected chi connectivity index (χ4v) is 1.09. The summed E-state index contributed by atoms with van der Waals surface area (Å²) in [5, 5.41) is 0.259. The summed E-state index contributed by atoms with van der Waals surface area (Å²) in [6.45, 7) is 4.17. The van der Waals surface area contributed by atoms with Gasteiger partial charge in [-0.15, -0.1) is 11.6 Å². The van der Waals surface area contributed by atoms with Crippen molar-refractivity contribution in [2.24, 2.45) is 0 Å². The molecule has 0 saturated carbocycles. The van der Waals surface area contributed by atoms with E-state index in [1.54, 1.807) is 0 Å². The minimum atomic E-state index is 0.259. The van der Waals surface area contributed by atoms with E-state index in [1.807, 2.05) is 6.92 Å². The van der Waals surface area contributed by atoms with Gasteiger partial charge in [0.2, 0.25) is 0 Å². The molecule has 50 valence electrons. The molecule has 0 fully saturated rings. The first-order chi connectivity index (χ1) is 3.68. The van der Waals surface area contributed by atoms with Crippen molar-refractivity contribution in [1.82, 2.24) is 0 Å². The fourth-order valence-electron chi connectivity index (χ4n) is 0.505. The maximum atomic E-state index is 5.76. The molecule has 8 heavy (non-hydrogen) atoms. The van der Waals surface area contributed by atoms with Crippen LogP contribution < -0.4 is 0 Å². The molecule has 0 nitrogen and oxygen atoms in total. The molecular weight excluding hydrogens is 187 g/mol. The highest BCUT2D eigenvalue weighted by Crippen LogP contribution is 2.16. The van der Waals surface area contributed by atoms with Crippen molar-refractivity contribution in [3.05, 3.63) is 0 Å². The molecule has 0 spiro atoms. The zero-order chi connectivity index (χ0) is 6.57. The lowest BCUT2D eigenvalue weighted by Gasteiger charge is -2.08. The molecule has 0 radical (unpaired) electrons. The number of hydrogen-bond acceptors (Lipinski definition) is 0. The summed E-state index contributed by atoms with van der Waals surface area (Å²) in [7, 11) is 0. The zero-order valence-electron chi connectivity index (χ0n) is 5.32. The normalized spacial score (nSPS) is 18.0. The Bertz CT molecular complexity index is 54.5. The Morgan fingerprint density at radius 3 is 2.25 bits per heavy atom. The zero-order valence-corrected chi connectivity index (χ0v) is 7.67. The molecule has 0 rings (SSSR count). The van der Waals surface area contributed by atoms with Gasteiger partial charge in [0.25, 0.3) is 0 Å². The van der Waals surface area contributed by atoms with Crippen molar-refractivity contribution in [2.75, 3.05) is 0 Å². The lowest BCUT2D eigenvalue weighted by molar-refractivity contribution is 0.735. The van der Waals surface area contributed by atoms with E-state index in [0.29, 0.717) is 4.83 Å². The van der Waals surface area contributed by atoms with Gasteiger partial charge in [0.05, 0.1) is 0 Å². The molecule has 0 amide bonds. The van der Waals surface area contributed by atoms with Gasteiger partial charge in [-0.1, -0.05) is 29.3 Å². The lowest BCUT2D eigenvalue weighted by atomic mass is 10.2. The summed E-state index contributed by atoms with van der Waals surface area (Å²) in [4.78, 5) is 0.495. The van der Waals surface area contributed by atoms with Gasteiger partial charge in [0.15, 0.2) is 0 Å². The van der Waals surface area contributed by atoms with Crippen LogP contribution in [0.25, 0.3) is 0 Å². The molecule has 2 atom stereocenters. The van der Waals surface area contributed by atoms with Crippen molar-refractivity contribution in [2.45, 2.75) is 36.9 Å². The fraction of sp³-hybridized carbons (Fsp3) is 1.00. The van der Waals surface area contributed by atoms with Gasteiger partial charge in [-0.25, -0.2) is 0 Å². The average molecular weight is 200 g/mol. The molecule has 0 heterocycles. The number of alkyl halides is 2. The van der Waals surface area contributed by atoms with Crippen LogP contribution in [0.15, 0.2) is 0 Å². The maximum absolute atomic E-state index is 5.76. The van der Waals surface area contributed by atoms with Gasteiger partial charge in [-0.3, -0.25) is 0 Å². The Morgan fingerprint density at radius 2 is 2.12 bits per heavy atom. The van der Waals surface area contributed by atoms with E-state index >= 15 is 0 Å². The van der Waals surface area contributed by atoms with Gasteiger partial charge in [0, 0.05) is 10.2 Å². The van der Waals surface area contributed by atoms with Crippen LogP contribution in [0.4, 0.5) is 0 Å². The summed E-state index contributed by atoms with van der Waals surface area (Å²) in [5.74, 6) is 0. The van der Waals surface area contributed by atoms with Gasteiger partial charge in [0.1, 0.15) is 0 Å². The topological polar surface area (TPSA) is 0 Å². The summed E-state index contributed by atoms with van der Waals surface area (Å²) in [6, 6.07) is 0. The van der Waals surface area contributed by atoms with Crippen LogP contribution in [0.5, 0.6) is 0 Å². The van der Waals surface area contributed by atoms with E-state index < -0.39 is 0 Å². The molecule has 0 aliphatic carbocycles. The second-order valence-electron chi connectivity index (χ2n) is 1.98. The molecule has 2 unspecified atom stereocenters. The van der Waals surface area contributed by atoms with Gasteiger partial charge < -0.3 is 0 Å². The Balaban J connectivity index is 3.17. The lowest BCUT2D eigenvalue weighted by Crippen LogP contribution is -2.08. The van der Waals surface area contributed by atoms with E-state index in [2.05, 4.69) is 22.9 Å². The highest BCUT2D eigenvalue weighted by molar-refractivity contribution is 9.09. The molecule has 0 aliphatic rings. The largest absolute Gasteiger partial charge is 0.122 e. The highest BCUT2D eigenvalue weighted by Gasteiger charge is 2.07. The first-order valence-electron chi connectivity index (χ1n) is 2.96. The smallest absolute Gasteiger partial charge is 0.0432 e. The number of rotatable bonds is 3. The van der Waals surface area contributed by atoms with E-state index in [0.717, 1.165) is 0 Å². The maximum Gasteiger partial charge on any atom is 0.0432 e. The van der Waals surface area contributed by atoms with E-state index in [1.165, 1.54) is 12.8 Å². The third-order valence-electron chi connectivity index (χ3n) is 1.06. The van der Waals surface area contributed by atoms with Crippen LogP contribution in [0.2, 0.25) is 0 Å². The number of hydrogen-bond donors (Lipinski definition) is 0. The minimum absolute atomic E-state index is 0.259. The Kier molecular flexibility index (Phi) is 5.08. The highest BCUT2D eigenvalue weighted by atomic mass is 79.9. The Morgan fingerprint density at radius 1 is 1.62 bits per heavy atom. The van der Waals surface area contributed by atoms with Gasteiger partial charge in [-0.2, -0.15) is 0 Å².